The summed E-state index contributed by atoms with van der Waals surface area (Å²) in [6, 6.07) is -0.528. The van der Waals surface area contributed by atoms with Gasteiger partial charge >= 0.3 is 12.4 Å². The Morgan fingerprint density at radius 2 is 1.88 bits per heavy atom. The standard InChI is InChI=1S/C29H39F6N5O3/c1-6-13-39(14-9-10-19(8-3)36-15-18(7-2)28(30,31)32)26(42)22-16-40(17-27(4,5)43-22)21-12-11-20-23(29(33,34)35)25(41)38-37-24(20)21/h7-8,15,21-22H,6,9-14,16-17H2,1-5H3,(H,38,41)/b18-7+,19-8-,36-15+/t21?,22-/m0/s1. The average Bonchev–Trinajstić information content (AvgIpc) is 3.32. The number of aromatic amines is 1. The number of fused-ring (bicyclic) bond motifs is 1. The van der Waals surface area contributed by atoms with Crippen LogP contribution in [0.15, 0.2) is 33.2 Å². The van der Waals surface area contributed by atoms with E-state index in [1.807, 2.05) is 16.9 Å². The van der Waals surface area contributed by atoms with Gasteiger partial charge in [-0.25, -0.2) is 5.10 Å². The lowest BCUT2D eigenvalue weighted by molar-refractivity contribution is -0.176. The summed E-state index contributed by atoms with van der Waals surface area (Å²) in [5.41, 5.74) is -3.64. The number of hydrogen-bond acceptors (Lipinski definition) is 6. The van der Waals surface area contributed by atoms with Crippen LogP contribution < -0.4 is 5.56 Å². The van der Waals surface area contributed by atoms with Crippen LogP contribution in [-0.4, -0.2) is 76.2 Å². The highest BCUT2D eigenvalue weighted by atomic mass is 19.4. The van der Waals surface area contributed by atoms with Crippen molar-refractivity contribution in [2.75, 3.05) is 26.2 Å². The number of morpholine rings is 1. The molecular weight excluding hydrogens is 580 g/mol. The summed E-state index contributed by atoms with van der Waals surface area (Å²) in [7, 11) is 0. The summed E-state index contributed by atoms with van der Waals surface area (Å²) in [6.07, 6.45) is -5.04. The molecule has 0 aromatic carbocycles. The van der Waals surface area contributed by atoms with E-state index >= 15 is 0 Å². The minimum Gasteiger partial charge on any atom is -0.360 e. The van der Waals surface area contributed by atoms with Gasteiger partial charge in [0.05, 0.1) is 22.9 Å². The monoisotopic (exact) mass is 619 g/mol. The van der Waals surface area contributed by atoms with Crippen LogP contribution in [0, 0.1) is 0 Å². The zero-order valence-electron chi connectivity index (χ0n) is 25.0. The number of halogens is 6. The van der Waals surface area contributed by atoms with Crippen molar-refractivity contribution in [3.8, 4) is 0 Å². The van der Waals surface area contributed by atoms with E-state index in [1.165, 1.54) is 6.92 Å². The van der Waals surface area contributed by atoms with E-state index in [9.17, 15) is 35.9 Å². The van der Waals surface area contributed by atoms with Crippen LogP contribution in [0.4, 0.5) is 26.3 Å². The maximum atomic E-state index is 13.7. The van der Waals surface area contributed by atoms with Gasteiger partial charge in [0.25, 0.3) is 11.5 Å². The zero-order chi connectivity index (χ0) is 32.2. The SMILES string of the molecule is C\C=C(CCCN(CCC)C(=O)[C@@H]1CN(C2CCc3c2n[nH]c(=O)c3C(F)(F)F)CC(C)(C)O1)/N=C/C(=C\C)C(F)(F)F. The first-order valence-electron chi connectivity index (χ1n) is 14.3. The van der Waals surface area contributed by atoms with Crippen LogP contribution in [-0.2, 0) is 22.1 Å². The molecule has 0 saturated carbocycles. The first kappa shape index (κ1) is 34.5. The van der Waals surface area contributed by atoms with Gasteiger partial charge in [-0.05, 0) is 65.4 Å². The topological polar surface area (TPSA) is 90.9 Å². The second-order valence-corrected chi connectivity index (χ2v) is 11.3. The summed E-state index contributed by atoms with van der Waals surface area (Å²) in [5.74, 6) is -0.276. The fraction of sp³-hybridized carbons (Fsp3) is 0.655. The second-order valence-electron chi connectivity index (χ2n) is 11.3. The Kier molecular flexibility index (Phi) is 11.0. The predicted octanol–water partition coefficient (Wildman–Crippen LogP) is 5.76. The normalized spacial score (nSPS) is 21.8. The smallest absolute Gasteiger partial charge is 0.360 e. The Bertz CT molecular complexity index is 1300. The molecule has 0 bridgehead atoms. The third-order valence-electron chi connectivity index (χ3n) is 7.55. The molecule has 1 N–H and O–H groups in total. The quantitative estimate of drug-likeness (QED) is 0.266. The number of carbonyl (C=O) groups is 1. The lowest BCUT2D eigenvalue weighted by atomic mass is 10.0. The number of carbonyl (C=O) groups excluding carboxylic acids is 1. The van der Waals surface area contributed by atoms with E-state index < -0.39 is 46.8 Å². The number of ether oxygens (including phenoxy) is 1. The molecule has 1 unspecified atom stereocenters. The second kappa shape index (κ2) is 13.7. The Morgan fingerprint density at radius 3 is 2.47 bits per heavy atom. The molecule has 2 aliphatic rings. The van der Waals surface area contributed by atoms with Crippen LogP contribution in [0.25, 0.3) is 0 Å². The molecular formula is C29H39F6N5O3. The number of amides is 1. The third kappa shape index (κ3) is 8.55. The van der Waals surface area contributed by atoms with E-state index in [4.69, 9.17) is 4.74 Å². The van der Waals surface area contributed by atoms with Crippen molar-refractivity contribution in [2.24, 2.45) is 4.99 Å². The number of H-pyrrole nitrogens is 1. The fourth-order valence-corrected chi connectivity index (χ4v) is 5.70. The van der Waals surface area contributed by atoms with Crippen molar-refractivity contribution < 1.29 is 35.9 Å². The summed E-state index contributed by atoms with van der Waals surface area (Å²) >= 11 is 0. The van der Waals surface area contributed by atoms with Gasteiger partial charge in [-0.3, -0.25) is 19.5 Å². The van der Waals surface area contributed by atoms with Crippen molar-refractivity contribution in [1.29, 1.82) is 0 Å². The van der Waals surface area contributed by atoms with E-state index in [-0.39, 0.29) is 30.1 Å². The van der Waals surface area contributed by atoms with Crippen molar-refractivity contribution in [1.82, 2.24) is 20.0 Å². The van der Waals surface area contributed by atoms with Crippen LogP contribution in [0.3, 0.4) is 0 Å². The molecule has 1 aromatic heterocycles. The maximum absolute atomic E-state index is 13.7. The van der Waals surface area contributed by atoms with Crippen molar-refractivity contribution in [3.63, 3.8) is 0 Å². The summed E-state index contributed by atoms with van der Waals surface area (Å²) in [5, 5.41) is 5.98. The van der Waals surface area contributed by atoms with Crippen LogP contribution in [0.2, 0.25) is 0 Å². The Balaban J connectivity index is 1.73. The highest BCUT2D eigenvalue weighted by Crippen LogP contribution is 2.41. The Morgan fingerprint density at radius 1 is 1.19 bits per heavy atom. The molecule has 1 fully saturated rings. The lowest BCUT2D eigenvalue weighted by Gasteiger charge is -2.45. The predicted molar refractivity (Wildman–Crippen MR) is 150 cm³/mol. The lowest BCUT2D eigenvalue weighted by Crippen LogP contribution is -2.58. The van der Waals surface area contributed by atoms with Crippen molar-refractivity contribution >= 4 is 12.1 Å². The molecule has 2 heterocycles. The number of aliphatic imine (C=N–C) groups is 1. The van der Waals surface area contributed by atoms with Crippen LogP contribution >= 0.6 is 0 Å². The average molecular weight is 620 g/mol. The first-order valence-corrected chi connectivity index (χ1v) is 14.3. The fourth-order valence-electron chi connectivity index (χ4n) is 5.70. The van der Waals surface area contributed by atoms with Gasteiger partial charge in [0, 0.05) is 38.1 Å². The third-order valence-corrected chi connectivity index (χ3v) is 7.55. The van der Waals surface area contributed by atoms with Gasteiger partial charge in [0.1, 0.15) is 11.7 Å². The molecule has 1 aliphatic carbocycles. The van der Waals surface area contributed by atoms with E-state index in [0.717, 1.165) is 12.3 Å². The zero-order valence-corrected chi connectivity index (χ0v) is 25.0. The number of alkyl halides is 6. The van der Waals surface area contributed by atoms with Gasteiger partial charge < -0.3 is 9.64 Å². The number of nitrogens with one attached hydrogen (secondary N) is 1. The molecule has 1 aliphatic heterocycles. The summed E-state index contributed by atoms with van der Waals surface area (Å²) in [4.78, 5) is 33.2. The van der Waals surface area contributed by atoms with Gasteiger partial charge in [-0.15, -0.1) is 0 Å². The van der Waals surface area contributed by atoms with Crippen LogP contribution in [0.5, 0.6) is 0 Å². The highest BCUT2D eigenvalue weighted by molar-refractivity contribution is 5.81. The van der Waals surface area contributed by atoms with Gasteiger partial charge in [-0.2, -0.15) is 31.4 Å². The van der Waals surface area contributed by atoms with E-state index in [0.29, 0.717) is 51.0 Å². The summed E-state index contributed by atoms with van der Waals surface area (Å²) < 4.78 is 86.2. The maximum Gasteiger partial charge on any atom is 0.422 e. The number of allylic oxidation sites excluding steroid dienone is 4. The molecule has 3 rings (SSSR count). The molecule has 8 nitrogen and oxygen atoms in total. The highest BCUT2D eigenvalue weighted by Gasteiger charge is 2.46. The van der Waals surface area contributed by atoms with Crippen LogP contribution in [0.1, 0.15) is 83.2 Å². The Hall–Kier alpha value is -3.00. The molecule has 14 heteroatoms. The summed E-state index contributed by atoms with van der Waals surface area (Å²) in [6.45, 7) is 9.70. The van der Waals surface area contributed by atoms with E-state index in [1.54, 1.807) is 31.7 Å². The van der Waals surface area contributed by atoms with Gasteiger partial charge in [-0.1, -0.05) is 19.1 Å². The molecule has 240 valence electrons. The van der Waals surface area contributed by atoms with Crippen molar-refractivity contribution in [3.05, 3.63) is 50.6 Å². The number of hydrogen-bond donors (Lipinski definition) is 1. The molecule has 0 radical (unpaired) electrons. The molecule has 2 atom stereocenters. The largest absolute Gasteiger partial charge is 0.422 e. The van der Waals surface area contributed by atoms with Gasteiger partial charge in [0.15, 0.2) is 0 Å². The number of rotatable bonds is 10. The molecule has 43 heavy (non-hydrogen) atoms. The molecule has 1 amide bonds. The Labute approximate surface area is 246 Å². The van der Waals surface area contributed by atoms with Gasteiger partial charge in [0.2, 0.25) is 0 Å². The van der Waals surface area contributed by atoms with Crippen molar-refractivity contribution in [2.45, 2.75) is 96.8 Å². The molecule has 1 saturated heterocycles. The first-order chi connectivity index (χ1) is 20.0. The molecule has 1 aromatic rings. The minimum absolute atomic E-state index is 0.0401. The van der Waals surface area contributed by atoms with E-state index in [2.05, 4.69) is 10.1 Å². The number of aromatic nitrogens is 2. The molecule has 0 spiro atoms. The minimum atomic E-state index is -4.82. The number of nitrogens with zero attached hydrogens (tertiary/aromatic N) is 4.